The summed E-state index contributed by atoms with van der Waals surface area (Å²) < 4.78 is 19.8. The molecule has 0 atom stereocenters. The van der Waals surface area contributed by atoms with Crippen molar-refractivity contribution in [3.8, 4) is 17.6 Å². The summed E-state index contributed by atoms with van der Waals surface area (Å²) in [7, 11) is 0. The van der Waals surface area contributed by atoms with E-state index in [4.69, 9.17) is 10.00 Å². The Morgan fingerprint density at radius 2 is 1.82 bits per heavy atom. The van der Waals surface area contributed by atoms with Crippen LogP contribution in [0.5, 0.6) is 11.5 Å². The molecule has 0 amide bonds. The van der Waals surface area contributed by atoms with Crippen LogP contribution in [0.4, 0.5) is 4.39 Å². The summed E-state index contributed by atoms with van der Waals surface area (Å²) in [4.78, 5) is 0. The third-order valence-corrected chi connectivity index (χ3v) is 2.63. The normalized spacial score (nSPS) is 9.71. The van der Waals surface area contributed by atoms with Crippen LogP contribution in [0.3, 0.4) is 0 Å². The van der Waals surface area contributed by atoms with E-state index >= 15 is 0 Å². The Kier molecular flexibility index (Phi) is 3.40. The molecule has 0 aromatic heterocycles. The summed E-state index contributed by atoms with van der Waals surface area (Å²) in [6.45, 7) is 0. The van der Waals surface area contributed by atoms with E-state index < -0.39 is 5.82 Å². The average Bonchev–Trinajstić information content (AvgIpc) is 2.34. The molecule has 17 heavy (non-hydrogen) atoms. The quantitative estimate of drug-likeness (QED) is 0.828. The van der Waals surface area contributed by atoms with Crippen molar-refractivity contribution in [2.24, 2.45) is 0 Å². The van der Waals surface area contributed by atoms with Gasteiger partial charge in [-0.15, -0.1) is 0 Å². The molecule has 0 fully saturated rings. The molecule has 2 aromatic rings. The van der Waals surface area contributed by atoms with Crippen molar-refractivity contribution in [3.05, 3.63) is 58.3 Å². The molecule has 2 nitrogen and oxygen atoms in total. The Morgan fingerprint density at radius 3 is 2.41 bits per heavy atom. The van der Waals surface area contributed by atoms with Crippen molar-refractivity contribution in [1.29, 1.82) is 5.26 Å². The van der Waals surface area contributed by atoms with Crippen molar-refractivity contribution in [2.45, 2.75) is 0 Å². The zero-order valence-electron chi connectivity index (χ0n) is 8.65. The van der Waals surface area contributed by atoms with Crippen LogP contribution in [0.2, 0.25) is 0 Å². The van der Waals surface area contributed by atoms with E-state index in [-0.39, 0.29) is 11.3 Å². The molecule has 0 bridgehead atoms. The maximum Gasteiger partial charge on any atom is 0.167 e. The smallest absolute Gasteiger partial charge is 0.167 e. The summed E-state index contributed by atoms with van der Waals surface area (Å²) in [5.74, 6) is 0.0927. The number of rotatable bonds is 2. The van der Waals surface area contributed by atoms with E-state index in [1.165, 1.54) is 12.1 Å². The highest BCUT2D eigenvalue weighted by Crippen LogP contribution is 2.26. The van der Waals surface area contributed by atoms with Crippen LogP contribution in [-0.2, 0) is 0 Å². The summed E-state index contributed by atoms with van der Waals surface area (Å²) in [5, 5.41) is 8.61. The summed E-state index contributed by atoms with van der Waals surface area (Å²) in [6, 6.07) is 13.0. The van der Waals surface area contributed by atoms with Gasteiger partial charge in [0.05, 0.1) is 11.6 Å². The Balaban J connectivity index is 2.25. The van der Waals surface area contributed by atoms with Gasteiger partial charge in [-0.1, -0.05) is 15.9 Å². The van der Waals surface area contributed by atoms with E-state index in [0.717, 1.165) is 10.5 Å². The van der Waals surface area contributed by atoms with E-state index in [9.17, 15) is 4.39 Å². The SMILES string of the molecule is N#Cc1ccc(Oc2ccc(Br)cc2)c(F)c1. The third kappa shape index (κ3) is 2.83. The van der Waals surface area contributed by atoms with Gasteiger partial charge in [-0.2, -0.15) is 5.26 Å². The number of halogens is 2. The van der Waals surface area contributed by atoms with Crippen LogP contribution in [0.15, 0.2) is 46.9 Å². The maximum absolute atomic E-state index is 13.5. The van der Waals surface area contributed by atoms with E-state index in [1.54, 1.807) is 24.3 Å². The Morgan fingerprint density at radius 1 is 1.12 bits per heavy atom. The molecule has 84 valence electrons. The lowest BCUT2D eigenvalue weighted by molar-refractivity contribution is 0.442. The van der Waals surface area contributed by atoms with Crippen LogP contribution >= 0.6 is 15.9 Å². The van der Waals surface area contributed by atoms with Crippen LogP contribution in [0, 0.1) is 17.1 Å². The molecule has 0 unspecified atom stereocenters. The Labute approximate surface area is 106 Å². The first kappa shape index (κ1) is 11.6. The van der Waals surface area contributed by atoms with Crippen molar-refractivity contribution >= 4 is 15.9 Å². The molecule has 0 saturated carbocycles. The number of nitrogens with zero attached hydrogens (tertiary/aromatic N) is 1. The molecule has 0 spiro atoms. The highest BCUT2D eigenvalue weighted by molar-refractivity contribution is 9.10. The van der Waals surface area contributed by atoms with Gasteiger partial charge in [0.2, 0.25) is 0 Å². The molecule has 0 radical (unpaired) electrons. The molecule has 0 heterocycles. The van der Waals surface area contributed by atoms with E-state index in [1.807, 2.05) is 6.07 Å². The molecule has 4 heteroatoms. The molecular weight excluding hydrogens is 285 g/mol. The van der Waals surface area contributed by atoms with E-state index in [2.05, 4.69) is 15.9 Å². The predicted octanol–water partition coefficient (Wildman–Crippen LogP) is 4.25. The first-order chi connectivity index (χ1) is 8.19. The first-order valence-corrected chi connectivity index (χ1v) is 5.61. The lowest BCUT2D eigenvalue weighted by Crippen LogP contribution is -1.89. The zero-order valence-corrected chi connectivity index (χ0v) is 10.2. The van der Waals surface area contributed by atoms with Gasteiger partial charge in [-0.3, -0.25) is 0 Å². The maximum atomic E-state index is 13.5. The standard InChI is InChI=1S/C13H7BrFNO/c14-10-2-4-11(5-3-10)17-13-6-1-9(8-16)7-12(13)15/h1-7H. The Bertz CT molecular complexity index is 575. The summed E-state index contributed by atoms with van der Waals surface area (Å²) in [5.41, 5.74) is 0.269. The molecular formula is C13H7BrFNO. The van der Waals surface area contributed by atoms with Crippen LogP contribution in [-0.4, -0.2) is 0 Å². The third-order valence-electron chi connectivity index (χ3n) is 2.10. The fourth-order valence-electron chi connectivity index (χ4n) is 1.28. The monoisotopic (exact) mass is 291 g/mol. The van der Waals surface area contributed by atoms with Crippen molar-refractivity contribution in [1.82, 2.24) is 0 Å². The molecule has 0 saturated heterocycles. The van der Waals surface area contributed by atoms with Gasteiger partial charge in [-0.05, 0) is 42.5 Å². The second-order valence-corrected chi connectivity index (χ2v) is 4.23. The predicted molar refractivity (Wildman–Crippen MR) is 65.3 cm³/mol. The fourth-order valence-corrected chi connectivity index (χ4v) is 1.55. The highest BCUT2D eigenvalue weighted by Gasteiger charge is 2.05. The zero-order chi connectivity index (χ0) is 12.3. The average molecular weight is 292 g/mol. The number of nitriles is 1. The first-order valence-electron chi connectivity index (χ1n) is 4.82. The van der Waals surface area contributed by atoms with Crippen molar-refractivity contribution in [2.75, 3.05) is 0 Å². The van der Waals surface area contributed by atoms with Gasteiger partial charge in [0.1, 0.15) is 5.75 Å². The molecule has 2 aromatic carbocycles. The lowest BCUT2D eigenvalue weighted by atomic mass is 10.2. The summed E-state index contributed by atoms with van der Waals surface area (Å²) >= 11 is 3.30. The molecule has 0 N–H and O–H groups in total. The number of benzene rings is 2. The number of hydrogen-bond donors (Lipinski definition) is 0. The minimum absolute atomic E-state index is 0.103. The molecule has 0 aliphatic carbocycles. The van der Waals surface area contributed by atoms with Gasteiger partial charge in [0, 0.05) is 4.47 Å². The summed E-state index contributed by atoms with van der Waals surface area (Å²) in [6.07, 6.45) is 0. The second-order valence-electron chi connectivity index (χ2n) is 3.31. The van der Waals surface area contributed by atoms with Gasteiger partial charge in [0.15, 0.2) is 11.6 Å². The largest absolute Gasteiger partial charge is 0.454 e. The van der Waals surface area contributed by atoms with Crippen LogP contribution < -0.4 is 4.74 Å². The van der Waals surface area contributed by atoms with Crippen molar-refractivity contribution < 1.29 is 9.13 Å². The second kappa shape index (κ2) is 4.98. The van der Waals surface area contributed by atoms with Crippen LogP contribution in [0.1, 0.15) is 5.56 Å². The minimum atomic E-state index is -0.549. The highest BCUT2D eigenvalue weighted by atomic mass is 79.9. The molecule has 0 aliphatic heterocycles. The molecule has 0 aliphatic rings. The number of ether oxygens (including phenoxy) is 1. The van der Waals surface area contributed by atoms with E-state index in [0.29, 0.717) is 5.75 Å². The van der Waals surface area contributed by atoms with Crippen molar-refractivity contribution in [3.63, 3.8) is 0 Å². The van der Waals surface area contributed by atoms with Gasteiger partial charge in [-0.25, -0.2) is 4.39 Å². The number of hydrogen-bond acceptors (Lipinski definition) is 2. The minimum Gasteiger partial charge on any atom is -0.454 e. The van der Waals surface area contributed by atoms with Crippen LogP contribution in [0.25, 0.3) is 0 Å². The lowest BCUT2D eigenvalue weighted by Gasteiger charge is -2.06. The van der Waals surface area contributed by atoms with Gasteiger partial charge >= 0.3 is 0 Å². The molecule has 2 rings (SSSR count). The van der Waals surface area contributed by atoms with Gasteiger partial charge in [0.25, 0.3) is 0 Å². The van der Waals surface area contributed by atoms with Gasteiger partial charge < -0.3 is 4.74 Å². The topological polar surface area (TPSA) is 33.0 Å². The fraction of sp³-hybridized carbons (Fsp3) is 0. The Hall–Kier alpha value is -1.86.